The summed E-state index contributed by atoms with van der Waals surface area (Å²) in [6, 6.07) is 0. The third-order valence-electron chi connectivity index (χ3n) is 4.86. The van der Waals surface area contributed by atoms with E-state index >= 15 is 0 Å². The monoisotopic (exact) mass is 340 g/mol. The molecule has 7 heteroatoms. The molecule has 0 amide bonds. The Hall–Kier alpha value is -1.15. The summed E-state index contributed by atoms with van der Waals surface area (Å²) in [5.74, 6) is -0.502. The summed E-state index contributed by atoms with van der Waals surface area (Å²) in [7, 11) is 0. The minimum Gasteiger partial charge on any atom is -0.512 e. The molecule has 7 nitrogen and oxygen atoms in total. The van der Waals surface area contributed by atoms with Crippen molar-refractivity contribution in [2.45, 2.75) is 12.8 Å². The van der Waals surface area contributed by atoms with Gasteiger partial charge in [0.15, 0.2) is 0 Å². The molecule has 2 N–H and O–H groups in total. The molecule has 0 saturated carbocycles. The van der Waals surface area contributed by atoms with Crippen LogP contribution in [0.15, 0.2) is 12.3 Å². The first-order valence-electron chi connectivity index (χ1n) is 9.01. The fraction of sp³-hybridized carbons (Fsp3) is 0.824. The second-order valence-corrected chi connectivity index (χ2v) is 6.90. The summed E-state index contributed by atoms with van der Waals surface area (Å²) in [4.78, 5) is 20.3. The third-order valence-corrected chi connectivity index (χ3v) is 4.86. The lowest BCUT2D eigenvalue weighted by Gasteiger charge is -2.35. The van der Waals surface area contributed by atoms with Crippen LogP contribution >= 0.6 is 0 Å². The zero-order valence-corrected chi connectivity index (χ0v) is 14.7. The number of aliphatic carboxylic acids is 1. The van der Waals surface area contributed by atoms with Crippen molar-refractivity contribution in [3.8, 4) is 0 Å². The van der Waals surface area contributed by atoms with Crippen LogP contribution < -0.4 is 0 Å². The minimum absolute atomic E-state index is 0.139. The molecule has 2 unspecified atom stereocenters. The van der Waals surface area contributed by atoms with Gasteiger partial charge in [0, 0.05) is 45.8 Å². The average Bonchev–Trinajstić information content (AvgIpc) is 2.51. The number of hydrogen-bond acceptors (Lipinski definition) is 6. The van der Waals surface area contributed by atoms with E-state index in [9.17, 15) is 9.90 Å². The molecule has 0 spiro atoms. The van der Waals surface area contributed by atoms with E-state index in [2.05, 4.69) is 26.2 Å². The molecule has 2 bridgehead atoms. The van der Waals surface area contributed by atoms with Crippen LogP contribution in [0.4, 0.5) is 0 Å². The lowest BCUT2D eigenvalue weighted by Crippen LogP contribution is -2.47. The second kappa shape index (κ2) is 9.98. The molecule has 2 rings (SSSR count). The van der Waals surface area contributed by atoms with Gasteiger partial charge in [-0.05, 0) is 32.5 Å². The van der Waals surface area contributed by atoms with E-state index in [1.165, 1.54) is 0 Å². The van der Waals surface area contributed by atoms with Crippen molar-refractivity contribution in [1.82, 2.24) is 19.6 Å². The third kappa shape index (κ3) is 7.17. The highest BCUT2D eigenvalue weighted by molar-refractivity contribution is 5.69. The first-order valence-corrected chi connectivity index (χ1v) is 9.01. The quantitative estimate of drug-likeness (QED) is 0.706. The van der Waals surface area contributed by atoms with E-state index in [0.29, 0.717) is 6.54 Å². The molecule has 0 radical (unpaired) electrons. The van der Waals surface area contributed by atoms with Crippen LogP contribution in [-0.2, 0) is 4.79 Å². The van der Waals surface area contributed by atoms with Crippen molar-refractivity contribution in [2.24, 2.45) is 0 Å². The number of rotatable bonds is 4. The Morgan fingerprint density at radius 3 is 1.62 bits per heavy atom. The Kier molecular flexibility index (Phi) is 7.98. The van der Waals surface area contributed by atoms with E-state index in [0.717, 1.165) is 78.3 Å². The van der Waals surface area contributed by atoms with E-state index < -0.39 is 5.97 Å². The van der Waals surface area contributed by atoms with E-state index in [4.69, 9.17) is 5.11 Å². The SMILES string of the molecule is C=C(O)CN1CCCN2CCN(CCCN(CC(=O)O)CC2)CC1. The summed E-state index contributed by atoms with van der Waals surface area (Å²) >= 11 is 0. The Labute approximate surface area is 145 Å². The number of hydrogen-bond donors (Lipinski definition) is 2. The number of carboxylic acid groups (broad SMARTS) is 1. The highest BCUT2D eigenvalue weighted by Gasteiger charge is 2.19. The van der Waals surface area contributed by atoms with Gasteiger partial charge in [-0.3, -0.25) is 14.6 Å². The van der Waals surface area contributed by atoms with Crippen LogP contribution in [0.5, 0.6) is 0 Å². The molecule has 0 aliphatic carbocycles. The van der Waals surface area contributed by atoms with Crippen molar-refractivity contribution < 1.29 is 15.0 Å². The molecular weight excluding hydrogens is 308 g/mol. The predicted octanol–water partition coefficient (Wildman–Crippen LogP) is 0.158. The second-order valence-electron chi connectivity index (χ2n) is 6.90. The molecule has 138 valence electrons. The lowest BCUT2D eigenvalue weighted by molar-refractivity contribution is -0.138. The Morgan fingerprint density at radius 1 is 0.708 bits per heavy atom. The number of aliphatic hydroxyl groups excluding tert-OH is 1. The zero-order chi connectivity index (χ0) is 17.4. The highest BCUT2D eigenvalue weighted by Crippen LogP contribution is 2.07. The van der Waals surface area contributed by atoms with Crippen molar-refractivity contribution in [2.75, 3.05) is 78.5 Å². The van der Waals surface area contributed by atoms with Gasteiger partial charge in [0.25, 0.3) is 0 Å². The van der Waals surface area contributed by atoms with Crippen LogP contribution in [0.3, 0.4) is 0 Å². The standard InChI is InChI=1S/C17H32N4O3/c1-16(22)14-20-6-2-4-19-9-8-18(10-12-20)5-3-7-21(13-11-19)15-17(23)24/h22H,1-15H2,(H,23,24). The van der Waals surface area contributed by atoms with E-state index in [-0.39, 0.29) is 12.3 Å². The van der Waals surface area contributed by atoms with Crippen LogP contribution in [0.1, 0.15) is 12.8 Å². The maximum absolute atomic E-state index is 11.0. The maximum Gasteiger partial charge on any atom is 0.317 e. The molecule has 0 aromatic heterocycles. The van der Waals surface area contributed by atoms with Crippen LogP contribution in [0.25, 0.3) is 0 Å². The minimum atomic E-state index is -0.739. The molecular formula is C17H32N4O3. The molecule has 2 heterocycles. The Balaban J connectivity index is 1.96. The number of fused-ring (bicyclic) bond motifs is 3. The number of carboxylic acids is 1. The fourth-order valence-corrected chi connectivity index (χ4v) is 3.54. The molecule has 0 aromatic rings. The molecule has 2 aliphatic rings. The van der Waals surface area contributed by atoms with Gasteiger partial charge in [0.2, 0.25) is 0 Å². The predicted molar refractivity (Wildman–Crippen MR) is 94.4 cm³/mol. The number of carbonyl (C=O) groups is 1. The number of aliphatic hydroxyl groups is 1. The van der Waals surface area contributed by atoms with Gasteiger partial charge >= 0.3 is 5.97 Å². The summed E-state index contributed by atoms with van der Waals surface area (Å²) < 4.78 is 0. The Bertz CT molecular complexity index is 381. The maximum atomic E-state index is 11.0. The van der Waals surface area contributed by atoms with Gasteiger partial charge in [0.1, 0.15) is 0 Å². The molecule has 2 saturated heterocycles. The van der Waals surface area contributed by atoms with Crippen LogP contribution in [0, 0.1) is 0 Å². The lowest BCUT2D eigenvalue weighted by atomic mass is 10.2. The normalized spacial score (nSPS) is 28.3. The van der Waals surface area contributed by atoms with Gasteiger partial charge in [0.05, 0.1) is 18.8 Å². The van der Waals surface area contributed by atoms with Crippen LogP contribution in [0.2, 0.25) is 0 Å². The summed E-state index contributed by atoms with van der Waals surface area (Å²) in [5, 5.41) is 18.6. The van der Waals surface area contributed by atoms with Crippen molar-refractivity contribution in [3.63, 3.8) is 0 Å². The van der Waals surface area contributed by atoms with Crippen molar-refractivity contribution in [1.29, 1.82) is 0 Å². The van der Waals surface area contributed by atoms with Gasteiger partial charge in [-0.25, -0.2) is 0 Å². The summed E-state index contributed by atoms with van der Waals surface area (Å²) in [5.41, 5.74) is 0. The first-order chi connectivity index (χ1) is 11.5. The molecule has 2 atom stereocenters. The summed E-state index contributed by atoms with van der Waals surface area (Å²) in [6.07, 6.45) is 2.06. The first kappa shape index (κ1) is 19.2. The van der Waals surface area contributed by atoms with E-state index in [1.807, 2.05) is 0 Å². The van der Waals surface area contributed by atoms with Gasteiger partial charge in [-0.1, -0.05) is 6.58 Å². The smallest absolute Gasteiger partial charge is 0.317 e. The average molecular weight is 340 g/mol. The fourth-order valence-electron chi connectivity index (χ4n) is 3.54. The Morgan fingerprint density at radius 2 is 1.17 bits per heavy atom. The van der Waals surface area contributed by atoms with Crippen LogP contribution in [-0.4, -0.2) is 114 Å². The van der Waals surface area contributed by atoms with Crippen molar-refractivity contribution in [3.05, 3.63) is 12.3 Å². The van der Waals surface area contributed by atoms with Gasteiger partial charge in [-0.15, -0.1) is 0 Å². The highest BCUT2D eigenvalue weighted by atomic mass is 16.4. The van der Waals surface area contributed by atoms with Gasteiger partial charge < -0.3 is 20.0 Å². The molecule has 0 aromatic carbocycles. The summed E-state index contributed by atoms with van der Waals surface area (Å²) in [6.45, 7) is 13.9. The van der Waals surface area contributed by atoms with Gasteiger partial charge in [-0.2, -0.15) is 0 Å². The molecule has 2 aliphatic heterocycles. The zero-order valence-electron chi connectivity index (χ0n) is 14.7. The topological polar surface area (TPSA) is 70.5 Å². The number of nitrogens with zero attached hydrogens (tertiary/aromatic N) is 4. The molecule has 2 fully saturated rings. The largest absolute Gasteiger partial charge is 0.512 e. The molecule has 24 heavy (non-hydrogen) atoms. The van der Waals surface area contributed by atoms with E-state index in [1.54, 1.807) is 0 Å². The van der Waals surface area contributed by atoms with Crippen molar-refractivity contribution >= 4 is 5.97 Å².